The summed E-state index contributed by atoms with van der Waals surface area (Å²) in [6.07, 6.45) is 3.12. The number of likely N-dealkylation sites (tertiary alicyclic amines) is 1. The summed E-state index contributed by atoms with van der Waals surface area (Å²) in [6, 6.07) is 13.6. The molecule has 0 radical (unpaired) electrons. The van der Waals surface area contributed by atoms with Gasteiger partial charge in [0.15, 0.2) is 6.10 Å². The predicted molar refractivity (Wildman–Crippen MR) is 117 cm³/mol. The van der Waals surface area contributed by atoms with Gasteiger partial charge in [-0.2, -0.15) is 0 Å². The summed E-state index contributed by atoms with van der Waals surface area (Å²) in [7, 11) is 0. The summed E-state index contributed by atoms with van der Waals surface area (Å²) in [5.74, 6) is -0.987. The van der Waals surface area contributed by atoms with Crippen molar-refractivity contribution in [1.82, 2.24) is 4.90 Å². The molecule has 1 atom stereocenters. The summed E-state index contributed by atoms with van der Waals surface area (Å²) in [4.78, 5) is 37.8. The van der Waals surface area contributed by atoms with Gasteiger partial charge in [0.2, 0.25) is 0 Å². The van der Waals surface area contributed by atoms with Gasteiger partial charge < -0.3 is 15.0 Å². The van der Waals surface area contributed by atoms with E-state index >= 15 is 0 Å². The molecule has 0 unspecified atom stereocenters. The lowest BCUT2D eigenvalue weighted by atomic mass is 10.1. The highest BCUT2D eigenvalue weighted by Crippen LogP contribution is 2.27. The fourth-order valence-electron chi connectivity index (χ4n) is 3.58. The van der Waals surface area contributed by atoms with Gasteiger partial charge in [-0.25, -0.2) is 4.79 Å². The van der Waals surface area contributed by atoms with Crippen molar-refractivity contribution in [1.29, 1.82) is 0 Å². The second-order valence-corrected chi connectivity index (χ2v) is 7.62. The van der Waals surface area contributed by atoms with Crippen molar-refractivity contribution in [2.24, 2.45) is 0 Å². The molecule has 1 saturated heterocycles. The molecule has 3 rings (SSSR count). The van der Waals surface area contributed by atoms with Crippen LogP contribution in [0.15, 0.2) is 48.5 Å². The molecule has 0 aliphatic carbocycles. The van der Waals surface area contributed by atoms with Gasteiger partial charge in [0, 0.05) is 25.7 Å². The number of hydrogen-bond acceptors (Lipinski definition) is 6. The lowest BCUT2D eigenvalue weighted by Crippen LogP contribution is -2.40. The standard InChI is InChI=1S/C23H27N3O5/c1-17(22(27)25-13-7-2-3-8-14-25)31-23(28)19-11-12-20(21(15-19)26(29)30)24-16-18-9-5-4-6-10-18/h4-6,9-12,15,17,24H,2-3,7-8,13-14,16H2,1H3/t17-/m0/s1. The van der Waals surface area contributed by atoms with Gasteiger partial charge in [0.25, 0.3) is 11.6 Å². The maximum Gasteiger partial charge on any atom is 0.339 e. The van der Waals surface area contributed by atoms with E-state index in [-0.39, 0.29) is 17.2 Å². The topological polar surface area (TPSA) is 102 Å². The lowest BCUT2D eigenvalue weighted by Gasteiger charge is -2.24. The van der Waals surface area contributed by atoms with Crippen LogP contribution < -0.4 is 5.32 Å². The summed E-state index contributed by atoms with van der Waals surface area (Å²) in [5, 5.41) is 14.6. The predicted octanol–water partition coefficient (Wildman–Crippen LogP) is 4.15. The van der Waals surface area contributed by atoms with Crippen molar-refractivity contribution in [3.63, 3.8) is 0 Å². The quantitative estimate of drug-likeness (QED) is 0.406. The summed E-state index contributed by atoms with van der Waals surface area (Å²) >= 11 is 0. The smallest absolute Gasteiger partial charge is 0.339 e. The number of carbonyl (C=O) groups is 2. The number of carbonyl (C=O) groups excluding carboxylic acids is 2. The van der Waals surface area contributed by atoms with Crippen LogP contribution >= 0.6 is 0 Å². The Kier molecular flexibility index (Phi) is 7.59. The number of esters is 1. The van der Waals surface area contributed by atoms with Crippen LogP contribution in [-0.4, -0.2) is 40.9 Å². The molecule has 1 heterocycles. The van der Waals surface area contributed by atoms with E-state index in [1.165, 1.54) is 25.1 Å². The zero-order valence-corrected chi connectivity index (χ0v) is 17.6. The number of rotatable bonds is 7. The van der Waals surface area contributed by atoms with E-state index in [0.717, 1.165) is 31.2 Å². The number of ether oxygens (including phenoxy) is 1. The molecular formula is C23H27N3O5. The summed E-state index contributed by atoms with van der Waals surface area (Å²) < 4.78 is 5.32. The van der Waals surface area contributed by atoms with E-state index in [4.69, 9.17) is 4.74 Å². The normalized spacial score (nSPS) is 14.9. The third-order valence-electron chi connectivity index (χ3n) is 5.31. The maximum absolute atomic E-state index is 12.6. The van der Waals surface area contributed by atoms with Crippen LogP contribution in [-0.2, 0) is 16.1 Å². The molecule has 1 fully saturated rings. The number of benzene rings is 2. The monoisotopic (exact) mass is 425 g/mol. The van der Waals surface area contributed by atoms with Crippen molar-refractivity contribution >= 4 is 23.3 Å². The van der Waals surface area contributed by atoms with E-state index in [2.05, 4.69) is 5.32 Å². The highest BCUT2D eigenvalue weighted by molar-refractivity contribution is 5.93. The van der Waals surface area contributed by atoms with Crippen molar-refractivity contribution < 1.29 is 19.2 Å². The molecule has 0 saturated carbocycles. The summed E-state index contributed by atoms with van der Waals surface area (Å²) in [6.45, 7) is 3.27. The number of nitrogens with one attached hydrogen (secondary N) is 1. The van der Waals surface area contributed by atoms with Gasteiger partial charge in [-0.15, -0.1) is 0 Å². The molecule has 0 spiro atoms. The molecule has 8 nitrogen and oxygen atoms in total. The van der Waals surface area contributed by atoms with Crippen LogP contribution in [0.25, 0.3) is 0 Å². The van der Waals surface area contributed by atoms with E-state index < -0.39 is 17.0 Å². The minimum absolute atomic E-state index is 0.0347. The zero-order valence-electron chi connectivity index (χ0n) is 17.6. The minimum atomic E-state index is -0.944. The van der Waals surface area contributed by atoms with Gasteiger partial charge in [0.05, 0.1) is 10.5 Å². The maximum atomic E-state index is 12.6. The molecule has 1 aliphatic heterocycles. The molecule has 8 heteroatoms. The van der Waals surface area contributed by atoms with Crippen molar-refractivity contribution in [3.05, 3.63) is 69.8 Å². The zero-order chi connectivity index (χ0) is 22.2. The number of nitro benzene ring substituents is 1. The number of hydrogen-bond donors (Lipinski definition) is 1. The van der Waals surface area contributed by atoms with Gasteiger partial charge in [-0.1, -0.05) is 43.2 Å². The molecule has 31 heavy (non-hydrogen) atoms. The van der Waals surface area contributed by atoms with Crippen molar-refractivity contribution in [2.75, 3.05) is 18.4 Å². The molecule has 2 aromatic rings. The van der Waals surface area contributed by atoms with E-state index in [0.29, 0.717) is 25.3 Å². The SMILES string of the molecule is C[C@H](OC(=O)c1ccc(NCc2ccccc2)c([N+](=O)[O-])c1)C(=O)N1CCCCCC1. The molecule has 0 aromatic heterocycles. The average Bonchev–Trinajstić information content (AvgIpc) is 3.07. The largest absolute Gasteiger partial charge is 0.449 e. The van der Waals surface area contributed by atoms with Gasteiger partial charge >= 0.3 is 5.97 Å². The molecule has 2 aromatic carbocycles. The highest BCUT2D eigenvalue weighted by Gasteiger charge is 2.26. The first kappa shape index (κ1) is 22.3. The fraction of sp³-hybridized carbons (Fsp3) is 0.391. The first-order valence-electron chi connectivity index (χ1n) is 10.5. The van der Waals surface area contributed by atoms with Crippen LogP contribution in [0.5, 0.6) is 0 Å². The molecule has 0 bridgehead atoms. The Bertz CT molecular complexity index is 924. The van der Waals surface area contributed by atoms with E-state index in [1.54, 1.807) is 4.90 Å². The minimum Gasteiger partial charge on any atom is -0.449 e. The highest BCUT2D eigenvalue weighted by atomic mass is 16.6. The third kappa shape index (κ3) is 6.04. The first-order valence-corrected chi connectivity index (χ1v) is 10.5. The third-order valence-corrected chi connectivity index (χ3v) is 5.31. The molecule has 164 valence electrons. The van der Waals surface area contributed by atoms with Crippen molar-refractivity contribution in [2.45, 2.75) is 45.3 Å². The Morgan fingerprint density at radius 2 is 1.77 bits per heavy atom. The van der Waals surface area contributed by atoms with Gasteiger partial charge in [-0.3, -0.25) is 14.9 Å². The number of anilines is 1. The van der Waals surface area contributed by atoms with E-state index in [1.807, 2.05) is 30.3 Å². The van der Waals surface area contributed by atoms with Gasteiger partial charge in [0.1, 0.15) is 5.69 Å². The van der Waals surface area contributed by atoms with E-state index in [9.17, 15) is 19.7 Å². The second kappa shape index (κ2) is 10.6. The van der Waals surface area contributed by atoms with Gasteiger partial charge in [-0.05, 0) is 37.5 Å². The van der Waals surface area contributed by atoms with Crippen LogP contribution in [0, 0.1) is 10.1 Å². The Hall–Kier alpha value is -3.42. The Morgan fingerprint density at radius 1 is 1.10 bits per heavy atom. The second-order valence-electron chi connectivity index (χ2n) is 7.62. The Balaban J connectivity index is 1.67. The van der Waals surface area contributed by atoms with Crippen LogP contribution in [0.3, 0.4) is 0 Å². The molecule has 1 N–H and O–H groups in total. The molecular weight excluding hydrogens is 398 g/mol. The average molecular weight is 425 g/mol. The lowest BCUT2D eigenvalue weighted by molar-refractivity contribution is -0.384. The Labute approximate surface area is 181 Å². The molecule has 1 aliphatic rings. The summed E-state index contributed by atoms with van der Waals surface area (Å²) in [5.41, 5.74) is 1.09. The Morgan fingerprint density at radius 3 is 2.42 bits per heavy atom. The van der Waals surface area contributed by atoms with Crippen LogP contribution in [0.2, 0.25) is 0 Å². The number of nitro groups is 1. The van der Waals surface area contributed by atoms with Crippen LogP contribution in [0.4, 0.5) is 11.4 Å². The fourth-order valence-corrected chi connectivity index (χ4v) is 3.58. The number of nitrogens with zero attached hydrogens (tertiary/aromatic N) is 2. The van der Waals surface area contributed by atoms with Crippen molar-refractivity contribution in [3.8, 4) is 0 Å². The molecule has 1 amide bonds. The number of amides is 1. The van der Waals surface area contributed by atoms with Crippen LogP contribution in [0.1, 0.15) is 48.5 Å². The first-order chi connectivity index (χ1) is 15.0.